The van der Waals surface area contributed by atoms with Crippen LogP contribution in [0.15, 0.2) is 35.3 Å². The first-order valence-corrected chi connectivity index (χ1v) is 13.6. The number of ether oxygens (including phenoxy) is 1. The first kappa shape index (κ1) is 27.6. The van der Waals surface area contributed by atoms with Crippen LogP contribution < -0.4 is 25.9 Å². The molecule has 2 atom stereocenters. The van der Waals surface area contributed by atoms with Gasteiger partial charge in [-0.05, 0) is 44.0 Å². The van der Waals surface area contributed by atoms with Gasteiger partial charge in [0, 0.05) is 38.4 Å². The number of aromatic carboxylic acids is 1. The maximum absolute atomic E-state index is 15.3. The van der Waals surface area contributed by atoms with Gasteiger partial charge >= 0.3 is 12.1 Å². The van der Waals surface area contributed by atoms with E-state index >= 15 is 8.78 Å². The van der Waals surface area contributed by atoms with E-state index in [1.165, 1.54) is 24.1 Å². The van der Waals surface area contributed by atoms with Crippen molar-refractivity contribution in [3.8, 4) is 0 Å². The zero-order chi connectivity index (χ0) is 29.9. The Bertz CT molecular complexity index is 1680. The van der Waals surface area contributed by atoms with Crippen molar-refractivity contribution in [3.05, 3.63) is 57.9 Å². The maximum atomic E-state index is 15.3. The first-order chi connectivity index (χ1) is 20.0. The Morgan fingerprint density at radius 1 is 1.07 bits per heavy atom. The van der Waals surface area contributed by atoms with E-state index in [4.69, 9.17) is 10.5 Å². The number of carbonyl (C=O) groups excluding carboxylic acids is 2. The molecule has 1 aromatic carbocycles. The molecule has 1 aliphatic carbocycles. The summed E-state index contributed by atoms with van der Waals surface area (Å²) in [5.41, 5.74) is 5.41. The number of ketones is 1. The third kappa shape index (κ3) is 4.81. The largest absolute Gasteiger partial charge is 0.477 e. The number of pyridine rings is 2. The molecule has 3 N–H and O–H groups in total. The third-order valence-electron chi connectivity index (χ3n) is 7.98. The van der Waals surface area contributed by atoms with Crippen LogP contribution in [0.5, 0.6) is 0 Å². The number of carboxylic acid groups (broad SMARTS) is 1. The SMILES string of the molecule is CC(=O)[C@@H](N)C1CN(c2ccc(N3CCN(c4nc5c(cc4F)c(=O)c(C(=O)O)cn5C4CC4)CC3)c(F)c2)C(=O)O1. The number of hydrogen-bond acceptors (Lipinski definition) is 9. The number of cyclic esters (lactones) is 1. The zero-order valence-corrected chi connectivity index (χ0v) is 22.6. The molecule has 3 aliphatic rings. The molecule has 2 saturated heterocycles. The van der Waals surface area contributed by atoms with Crippen LogP contribution in [0.25, 0.3) is 11.0 Å². The molecule has 0 spiro atoms. The van der Waals surface area contributed by atoms with Crippen molar-refractivity contribution in [2.24, 2.45) is 5.73 Å². The molecule has 2 aromatic heterocycles. The lowest BCUT2D eigenvalue weighted by Gasteiger charge is -2.37. The van der Waals surface area contributed by atoms with Crippen LogP contribution >= 0.6 is 0 Å². The molecule has 1 amide bonds. The lowest BCUT2D eigenvalue weighted by atomic mass is 10.1. The highest BCUT2D eigenvalue weighted by Gasteiger charge is 2.38. The van der Waals surface area contributed by atoms with Gasteiger partial charge in [-0.3, -0.25) is 14.5 Å². The highest BCUT2D eigenvalue weighted by Crippen LogP contribution is 2.37. The van der Waals surface area contributed by atoms with E-state index in [9.17, 15) is 24.3 Å². The molecular weight excluding hydrogens is 554 g/mol. The van der Waals surface area contributed by atoms with Crippen molar-refractivity contribution in [1.29, 1.82) is 0 Å². The number of fused-ring (bicyclic) bond motifs is 1. The lowest BCUT2D eigenvalue weighted by Crippen LogP contribution is -2.47. The Morgan fingerprint density at radius 2 is 1.76 bits per heavy atom. The summed E-state index contributed by atoms with van der Waals surface area (Å²) in [7, 11) is 0. The number of hydrogen-bond donors (Lipinski definition) is 2. The molecule has 4 heterocycles. The van der Waals surface area contributed by atoms with Crippen LogP contribution in [-0.4, -0.2) is 77.4 Å². The summed E-state index contributed by atoms with van der Waals surface area (Å²) in [5, 5.41) is 9.36. The molecule has 2 aliphatic heterocycles. The Hall–Kier alpha value is -4.59. The summed E-state index contributed by atoms with van der Waals surface area (Å²) >= 11 is 0. The quantitative estimate of drug-likeness (QED) is 0.425. The fraction of sp³-hybridized carbons (Fsp3) is 0.393. The first-order valence-electron chi connectivity index (χ1n) is 13.6. The predicted molar refractivity (Wildman–Crippen MR) is 148 cm³/mol. The molecule has 0 bridgehead atoms. The number of halogens is 2. The number of rotatable bonds is 7. The predicted octanol–water partition coefficient (Wildman–Crippen LogP) is 2.28. The van der Waals surface area contributed by atoms with E-state index in [1.54, 1.807) is 26.5 Å². The molecule has 6 rings (SSSR count). The summed E-state index contributed by atoms with van der Waals surface area (Å²) in [6.45, 7) is 2.62. The summed E-state index contributed by atoms with van der Waals surface area (Å²) < 4.78 is 37.3. The van der Waals surface area contributed by atoms with Gasteiger partial charge < -0.3 is 29.9 Å². The van der Waals surface area contributed by atoms with Crippen LogP contribution in [-0.2, 0) is 9.53 Å². The van der Waals surface area contributed by atoms with E-state index in [0.29, 0.717) is 31.9 Å². The van der Waals surface area contributed by atoms with Gasteiger partial charge in [-0.1, -0.05) is 0 Å². The van der Waals surface area contributed by atoms with Crippen LogP contribution in [0.4, 0.5) is 30.8 Å². The highest BCUT2D eigenvalue weighted by atomic mass is 19.1. The van der Waals surface area contributed by atoms with Gasteiger partial charge in [-0.15, -0.1) is 0 Å². The van der Waals surface area contributed by atoms with Gasteiger partial charge in [0.25, 0.3) is 0 Å². The normalized spacial score (nSPS) is 19.8. The Morgan fingerprint density at radius 3 is 2.38 bits per heavy atom. The van der Waals surface area contributed by atoms with E-state index in [0.717, 1.165) is 18.9 Å². The third-order valence-corrected chi connectivity index (χ3v) is 7.98. The van der Waals surface area contributed by atoms with E-state index in [2.05, 4.69) is 4.98 Å². The highest BCUT2D eigenvalue weighted by molar-refractivity contribution is 5.93. The minimum absolute atomic E-state index is 0.000947. The standard InChI is InChI=1S/C28H28F2N6O6/c1-14(37)23(31)22-13-36(28(41)42-22)16-4-5-21(19(29)10-16)33-6-8-34(9-7-33)26-20(30)11-17-24(38)18(27(39)40)12-35(15-2-3-15)25(17)32-26/h4-5,10-12,15,22-23H,2-3,6-9,13,31H2,1H3,(H,39,40)/t22?,23-/m1/s1. The molecule has 3 aromatic rings. The van der Waals surface area contributed by atoms with Crippen molar-refractivity contribution in [2.45, 2.75) is 38.0 Å². The van der Waals surface area contributed by atoms with Crippen LogP contribution in [0.2, 0.25) is 0 Å². The maximum Gasteiger partial charge on any atom is 0.414 e. The summed E-state index contributed by atoms with van der Waals surface area (Å²) in [4.78, 5) is 57.4. The lowest BCUT2D eigenvalue weighted by molar-refractivity contribution is -0.120. The molecular formula is C28H28F2N6O6. The minimum Gasteiger partial charge on any atom is -0.477 e. The van der Waals surface area contributed by atoms with Crippen molar-refractivity contribution in [3.63, 3.8) is 0 Å². The van der Waals surface area contributed by atoms with Crippen LogP contribution in [0.1, 0.15) is 36.2 Å². The molecule has 12 nitrogen and oxygen atoms in total. The topological polar surface area (TPSA) is 151 Å². The van der Waals surface area contributed by atoms with Gasteiger partial charge in [-0.25, -0.2) is 23.4 Å². The van der Waals surface area contributed by atoms with E-state index in [-0.39, 0.29) is 40.9 Å². The molecule has 3 fully saturated rings. The smallest absolute Gasteiger partial charge is 0.414 e. The van der Waals surface area contributed by atoms with Gasteiger partial charge in [0.15, 0.2) is 11.6 Å². The summed E-state index contributed by atoms with van der Waals surface area (Å²) in [6.07, 6.45) is 1.35. The van der Waals surface area contributed by atoms with Gasteiger partial charge in [0.05, 0.1) is 23.3 Å². The van der Waals surface area contributed by atoms with Crippen LogP contribution in [0, 0.1) is 11.6 Å². The number of aromatic nitrogens is 2. The Labute approximate surface area is 237 Å². The van der Waals surface area contributed by atoms with Gasteiger partial charge in [0.2, 0.25) is 5.43 Å². The molecule has 42 heavy (non-hydrogen) atoms. The molecule has 1 unspecified atom stereocenters. The summed E-state index contributed by atoms with van der Waals surface area (Å²) in [5.74, 6) is -2.96. The number of Topliss-reactive ketones (excluding diaryl/α,β-unsaturated/α-hetero) is 1. The van der Waals surface area contributed by atoms with Gasteiger partial charge in [-0.2, -0.15) is 0 Å². The number of piperazine rings is 1. The average Bonchev–Trinajstić information content (AvgIpc) is 3.73. The average molecular weight is 583 g/mol. The second-order valence-electron chi connectivity index (χ2n) is 10.8. The number of carbonyl (C=O) groups is 3. The number of nitrogens with two attached hydrogens (primary N) is 1. The zero-order valence-electron chi connectivity index (χ0n) is 22.6. The van der Waals surface area contributed by atoms with Crippen LogP contribution in [0.3, 0.4) is 0 Å². The fourth-order valence-corrected chi connectivity index (χ4v) is 5.47. The Balaban J connectivity index is 1.19. The van der Waals surface area contributed by atoms with Crippen molar-refractivity contribution >= 4 is 46.1 Å². The monoisotopic (exact) mass is 582 g/mol. The van der Waals surface area contributed by atoms with Gasteiger partial charge in [0.1, 0.15) is 35.0 Å². The van der Waals surface area contributed by atoms with Crippen molar-refractivity contribution < 1.29 is 33.0 Å². The Kier molecular flexibility index (Phi) is 6.80. The second-order valence-corrected chi connectivity index (χ2v) is 10.8. The molecule has 14 heteroatoms. The second kappa shape index (κ2) is 10.4. The van der Waals surface area contributed by atoms with E-state index in [1.807, 2.05) is 0 Å². The number of benzene rings is 1. The number of amides is 1. The molecule has 1 saturated carbocycles. The molecule has 220 valence electrons. The number of anilines is 3. The fourth-order valence-electron chi connectivity index (χ4n) is 5.47. The van der Waals surface area contributed by atoms with E-state index < -0.39 is 46.8 Å². The number of carboxylic acids is 1. The minimum atomic E-state index is -1.38. The van der Waals surface area contributed by atoms with Crippen molar-refractivity contribution in [2.75, 3.05) is 47.4 Å². The molecule has 0 radical (unpaired) electrons. The van der Waals surface area contributed by atoms with Crippen molar-refractivity contribution in [1.82, 2.24) is 9.55 Å². The summed E-state index contributed by atoms with van der Waals surface area (Å²) in [6, 6.07) is 4.43. The number of nitrogens with zero attached hydrogens (tertiary/aromatic N) is 5.